The summed E-state index contributed by atoms with van der Waals surface area (Å²) in [6.45, 7) is 4.25. The van der Waals surface area contributed by atoms with Crippen LogP contribution in [0.1, 0.15) is 13.8 Å². The maximum absolute atomic E-state index is 12.3. The van der Waals surface area contributed by atoms with Crippen molar-refractivity contribution in [3.63, 3.8) is 0 Å². The SMILES string of the molecule is CCOc1ccc(N[C@@H](C)C(=O)Nc2cccc(Cl)c2)cc1OC. The van der Waals surface area contributed by atoms with Crippen LogP contribution in [0.2, 0.25) is 5.02 Å². The summed E-state index contributed by atoms with van der Waals surface area (Å²) in [5, 5.41) is 6.53. The molecule has 0 aliphatic rings. The Kier molecular flexibility index (Phi) is 6.32. The second kappa shape index (κ2) is 8.45. The largest absolute Gasteiger partial charge is 0.493 e. The highest BCUT2D eigenvalue weighted by Crippen LogP contribution is 2.30. The predicted molar refractivity (Wildman–Crippen MR) is 97.3 cm³/mol. The van der Waals surface area contributed by atoms with Gasteiger partial charge in [0.15, 0.2) is 11.5 Å². The number of halogens is 1. The van der Waals surface area contributed by atoms with Crippen LogP contribution in [-0.2, 0) is 4.79 Å². The number of hydrogen-bond acceptors (Lipinski definition) is 4. The van der Waals surface area contributed by atoms with Gasteiger partial charge >= 0.3 is 0 Å². The zero-order valence-electron chi connectivity index (χ0n) is 13.9. The third-order valence-electron chi connectivity index (χ3n) is 3.33. The van der Waals surface area contributed by atoms with E-state index in [9.17, 15) is 4.79 Å². The molecule has 0 saturated carbocycles. The minimum atomic E-state index is -0.438. The third-order valence-corrected chi connectivity index (χ3v) is 3.57. The minimum Gasteiger partial charge on any atom is -0.493 e. The van der Waals surface area contributed by atoms with Crippen molar-refractivity contribution in [1.82, 2.24) is 0 Å². The number of hydrogen-bond donors (Lipinski definition) is 2. The second-order valence-corrected chi connectivity index (χ2v) is 5.60. The zero-order chi connectivity index (χ0) is 17.5. The summed E-state index contributed by atoms with van der Waals surface area (Å²) in [4.78, 5) is 12.3. The molecule has 0 radical (unpaired) electrons. The molecule has 0 heterocycles. The highest BCUT2D eigenvalue weighted by molar-refractivity contribution is 6.30. The molecule has 0 fully saturated rings. The van der Waals surface area contributed by atoms with Crippen molar-refractivity contribution in [2.24, 2.45) is 0 Å². The average Bonchev–Trinajstić information content (AvgIpc) is 2.56. The summed E-state index contributed by atoms with van der Waals surface area (Å²) in [7, 11) is 1.58. The molecule has 2 aromatic rings. The number of rotatable bonds is 7. The lowest BCUT2D eigenvalue weighted by Crippen LogP contribution is -2.31. The normalized spacial score (nSPS) is 11.5. The van der Waals surface area contributed by atoms with Crippen LogP contribution in [0.3, 0.4) is 0 Å². The fourth-order valence-corrected chi connectivity index (χ4v) is 2.35. The Hall–Kier alpha value is -2.40. The van der Waals surface area contributed by atoms with Crippen molar-refractivity contribution >= 4 is 28.9 Å². The number of methoxy groups -OCH3 is 1. The van der Waals surface area contributed by atoms with Gasteiger partial charge in [-0.1, -0.05) is 17.7 Å². The molecule has 128 valence electrons. The van der Waals surface area contributed by atoms with Gasteiger partial charge in [0, 0.05) is 22.5 Å². The van der Waals surface area contributed by atoms with Gasteiger partial charge in [-0.3, -0.25) is 4.79 Å². The van der Waals surface area contributed by atoms with Crippen molar-refractivity contribution in [1.29, 1.82) is 0 Å². The average molecular weight is 349 g/mol. The van der Waals surface area contributed by atoms with Crippen LogP contribution in [0.15, 0.2) is 42.5 Å². The van der Waals surface area contributed by atoms with Crippen molar-refractivity contribution in [3.8, 4) is 11.5 Å². The molecule has 24 heavy (non-hydrogen) atoms. The monoisotopic (exact) mass is 348 g/mol. The molecular formula is C18H21ClN2O3. The van der Waals surface area contributed by atoms with Gasteiger partial charge in [-0.15, -0.1) is 0 Å². The number of anilines is 2. The Balaban J connectivity index is 2.03. The first-order chi connectivity index (χ1) is 11.5. The summed E-state index contributed by atoms with van der Waals surface area (Å²) < 4.78 is 10.8. The van der Waals surface area contributed by atoms with Crippen LogP contribution in [0, 0.1) is 0 Å². The Morgan fingerprint density at radius 1 is 1.17 bits per heavy atom. The van der Waals surface area contributed by atoms with E-state index in [1.807, 2.05) is 19.1 Å². The van der Waals surface area contributed by atoms with E-state index in [2.05, 4.69) is 10.6 Å². The highest BCUT2D eigenvalue weighted by atomic mass is 35.5. The topological polar surface area (TPSA) is 59.6 Å². The van der Waals surface area contributed by atoms with Gasteiger partial charge in [-0.05, 0) is 44.2 Å². The number of ether oxygens (including phenoxy) is 2. The van der Waals surface area contributed by atoms with Crippen LogP contribution in [0.5, 0.6) is 11.5 Å². The van der Waals surface area contributed by atoms with Crippen molar-refractivity contribution in [2.75, 3.05) is 24.4 Å². The Labute approximate surface area is 146 Å². The van der Waals surface area contributed by atoms with Crippen LogP contribution in [0.25, 0.3) is 0 Å². The van der Waals surface area contributed by atoms with E-state index >= 15 is 0 Å². The predicted octanol–water partition coefficient (Wildman–Crippen LogP) is 4.19. The maximum Gasteiger partial charge on any atom is 0.246 e. The maximum atomic E-state index is 12.3. The number of amides is 1. The molecule has 1 amide bonds. The Morgan fingerprint density at radius 3 is 2.62 bits per heavy atom. The molecule has 2 rings (SSSR count). The first kappa shape index (κ1) is 17.9. The van der Waals surface area contributed by atoms with E-state index in [1.165, 1.54) is 0 Å². The lowest BCUT2D eigenvalue weighted by Gasteiger charge is -2.17. The van der Waals surface area contributed by atoms with Gasteiger partial charge in [-0.25, -0.2) is 0 Å². The minimum absolute atomic E-state index is 0.162. The first-order valence-electron chi connectivity index (χ1n) is 7.67. The molecule has 6 heteroatoms. The summed E-state index contributed by atoms with van der Waals surface area (Å²) >= 11 is 5.92. The van der Waals surface area contributed by atoms with E-state index in [0.29, 0.717) is 28.8 Å². The van der Waals surface area contributed by atoms with E-state index in [-0.39, 0.29) is 5.91 Å². The standard InChI is InChI=1S/C18H21ClN2O3/c1-4-24-16-9-8-15(11-17(16)23-3)20-12(2)18(22)21-14-7-5-6-13(19)10-14/h5-12,20H,4H2,1-3H3,(H,21,22)/t12-/m0/s1. The molecule has 0 unspecified atom stereocenters. The number of carbonyl (C=O) groups excluding carboxylic acids is 1. The third kappa shape index (κ3) is 4.80. The molecule has 2 aromatic carbocycles. The fourth-order valence-electron chi connectivity index (χ4n) is 2.16. The van der Waals surface area contributed by atoms with Crippen molar-refractivity contribution < 1.29 is 14.3 Å². The van der Waals surface area contributed by atoms with Crippen LogP contribution in [-0.4, -0.2) is 25.7 Å². The smallest absolute Gasteiger partial charge is 0.246 e. The van der Waals surface area contributed by atoms with Gasteiger partial charge in [-0.2, -0.15) is 0 Å². The van der Waals surface area contributed by atoms with Crippen LogP contribution >= 0.6 is 11.6 Å². The zero-order valence-corrected chi connectivity index (χ0v) is 14.7. The number of benzene rings is 2. The summed E-state index contributed by atoms with van der Waals surface area (Å²) in [6.07, 6.45) is 0. The molecule has 2 N–H and O–H groups in total. The second-order valence-electron chi connectivity index (χ2n) is 5.16. The van der Waals surface area contributed by atoms with E-state index < -0.39 is 6.04 Å². The number of nitrogens with one attached hydrogen (secondary N) is 2. The van der Waals surface area contributed by atoms with E-state index in [1.54, 1.807) is 44.4 Å². The Morgan fingerprint density at radius 2 is 1.96 bits per heavy atom. The first-order valence-corrected chi connectivity index (χ1v) is 8.05. The van der Waals surface area contributed by atoms with Crippen molar-refractivity contribution in [2.45, 2.75) is 19.9 Å². The van der Waals surface area contributed by atoms with Crippen LogP contribution < -0.4 is 20.1 Å². The molecule has 1 atom stereocenters. The number of carbonyl (C=O) groups is 1. The fraction of sp³-hybridized carbons (Fsp3) is 0.278. The van der Waals surface area contributed by atoms with Gasteiger partial charge < -0.3 is 20.1 Å². The molecule has 5 nitrogen and oxygen atoms in total. The van der Waals surface area contributed by atoms with Gasteiger partial charge in [0.1, 0.15) is 6.04 Å². The summed E-state index contributed by atoms with van der Waals surface area (Å²) in [6, 6.07) is 12.0. The molecule has 0 saturated heterocycles. The highest BCUT2D eigenvalue weighted by Gasteiger charge is 2.14. The molecular weight excluding hydrogens is 328 g/mol. The molecule has 0 aromatic heterocycles. The molecule has 0 bridgehead atoms. The molecule has 0 aliphatic heterocycles. The van der Waals surface area contributed by atoms with Crippen LogP contribution in [0.4, 0.5) is 11.4 Å². The lowest BCUT2D eigenvalue weighted by molar-refractivity contribution is -0.116. The van der Waals surface area contributed by atoms with E-state index in [0.717, 1.165) is 5.69 Å². The van der Waals surface area contributed by atoms with Gasteiger partial charge in [0.05, 0.1) is 13.7 Å². The quantitative estimate of drug-likeness (QED) is 0.787. The molecule has 0 aliphatic carbocycles. The van der Waals surface area contributed by atoms with Gasteiger partial charge in [0.2, 0.25) is 5.91 Å². The van der Waals surface area contributed by atoms with E-state index in [4.69, 9.17) is 21.1 Å². The van der Waals surface area contributed by atoms with Crippen molar-refractivity contribution in [3.05, 3.63) is 47.5 Å². The summed E-state index contributed by atoms with van der Waals surface area (Å²) in [5.41, 5.74) is 1.43. The Bertz CT molecular complexity index is 706. The molecule has 0 spiro atoms. The lowest BCUT2D eigenvalue weighted by atomic mass is 10.2. The van der Waals surface area contributed by atoms with Gasteiger partial charge in [0.25, 0.3) is 0 Å². The summed E-state index contributed by atoms with van der Waals surface area (Å²) in [5.74, 6) is 1.12.